The van der Waals surface area contributed by atoms with Crippen LogP contribution in [0.5, 0.6) is 11.5 Å². The summed E-state index contributed by atoms with van der Waals surface area (Å²) in [6, 6.07) is 4.56. The van der Waals surface area contributed by atoms with E-state index < -0.39 is 0 Å². The number of benzene rings is 1. The first-order valence-corrected chi connectivity index (χ1v) is 10.2. The quantitative estimate of drug-likeness (QED) is 0.695. The van der Waals surface area contributed by atoms with E-state index in [1.807, 2.05) is 12.1 Å². The van der Waals surface area contributed by atoms with Gasteiger partial charge in [0.1, 0.15) is 5.82 Å². The topological polar surface area (TPSA) is 49.2 Å². The lowest BCUT2D eigenvalue weighted by Crippen LogP contribution is -2.04. The SMILES string of the molecule is CC(C)c1nnc(SCc2cc(Cl)c3c(c2)OCCCO3)n1C1CC1. The minimum Gasteiger partial charge on any atom is -0.489 e. The van der Waals surface area contributed by atoms with Crippen molar-refractivity contribution in [1.29, 1.82) is 0 Å². The number of ether oxygens (including phenoxy) is 2. The van der Waals surface area contributed by atoms with Crippen LogP contribution >= 0.6 is 23.4 Å². The summed E-state index contributed by atoms with van der Waals surface area (Å²) in [6.45, 7) is 5.64. The molecule has 0 atom stereocenters. The lowest BCUT2D eigenvalue weighted by atomic mass is 10.2. The first-order valence-electron chi connectivity index (χ1n) is 8.79. The second-order valence-electron chi connectivity index (χ2n) is 6.84. The van der Waals surface area contributed by atoms with Gasteiger partial charge in [0.25, 0.3) is 0 Å². The largest absolute Gasteiger partial charge is 0.489 e. The van der Waals surface area contributed by atoms with Crippen LogP contribution in [0, 0.1) is 0 Å². The van der Waals surface area contributed by atoms with Crippen LogP contribution in [-0.2, 0) is 5.75 Å². The van der Waals surface area contributed by atoms with Crippen molar-refractivity contribution >= 4 is 23.4 Å². The van der Waals surface area contributed by atoms with Gasteiger partial charge < -0.3 is 14.0 Å². The van der Waals surface area contributed by atoms with Crippen LogP contribution in [0.1, 0.15) is 56.5 Å². The minimum absolute atomic E-state index is 0.384. The van der Waals surface area contributed by atoms with Gasteiger partial charge in [0.2, 0.25) is 0 Å². The van der Waals surface area contributed by atoms with Gasteiger partial charge in [-0.1, -0.05) is 37.2 Å². The Morgan fingerprint density at radius 1 is 1.24 bits per heavy atom. The predicted octanol–water partition coefficient (Wildman–Crippen LogP) is 4.84. The molecule has 1 saturated carbocycles. The lowest BCUT2D eigenvalue weighted by Gasteiger charge is -2.12. The van der Waals surface area contributed by atoms with Crippen LogP contribution < -0.4 is 9.47 Å². The molecule has 0 radical (unpaired) electrons. The molecule has 0 spiro atoms. The maximum absolute atomic E-state index is 6.39. The number of hydrogen-bond acceptors (Lipinski definition) is 5. The number of halogens is 1. The third-order valence-corrected chi connectivity index (χ3v) is 5.64. The van der Waals surface area contributed by atoms with E-state index in [9.17, 15) is 0 Å². The highest BCUT2D eigenvalue weighted by Crippen LogP contribution is 2.42. The highest BCUT2D eigenvalue weighted by Gasteiger charge is 2.30. The van der Waals surface area contributed by atoms with Crippen molar-refractivity contribution in [3.8, 4) is 11.5 Å². The Balaban J connectivity index is 1.54. The van der Waals surface area contributed by atoms with E-state index in [1.165, 1.54) is 12.8 Å². The zero-order valence-corrected chi connectivity index (χ0v) is 16.1. The van der Waals surface area contributed by atoms with E-state index in [2.05, 4.69) is 28.6 Å². The average molecular weight is 380 g/mol. The molecule has 1 aromatic carbocycles. The molecular formula is C18H22ClN3O2S. The Labute approximate surface area is 157 Å². The molecule has 25 heavy (non-hydrogen) atoms. The highest BCUT2D eigenvalue weighted by molar-refractivity contribution is 7.98. The average Bonchev–Trinajstić information content (AvgIpc) is 3.36. The van der Waals surface area contributed by atoms with Gasteiger partial charge in [-0.05, 0) is 30.5 Å². The Hall–Kier alpha value is -1.40. The zero-order valence-electron chi connectivity index (χ0n) is 14.5. The molecule has 1 aliphatic carbocycles. The number of aromatic nitrogens is 3. The van der Waals surface area contributed by atoms with Crippen molar-refractivity contribution in [2.45, 2.75) is 56.0 Å². The summed E-state index contributed by atoms with van der Waals surface area (Å²) in [4.78, 5) is 0. The fourth-order valence-electron chi connectivity index (χ4n) is 2.97. The highest BCUT2D eigenvalue weighted by atomic mass is 35.5. The standard InChI is InChI=1S/C18H22ClN3O2S/c1-11(2)17-20-21-18(22(17)13-4-5-13)25-10-12-8-14(19)16-15(9-12)23-6-3-7-24-16/h8-9,11,13H,3-7,10H2,1-2H3. The van der Waals surface area contributed by atoms with E-state index in [-0.39, 0.29) is 0 Å². The summed E-state index contributed by atoms with van der Waals surface area (Å²) in [6.07, 6.45) is 3.32. The molecule has 2 aromatic rings. The number of nitrogens with zero attached hydrogens (tertiary/aromatic N) is 3. The zero-order chi connectivity index (χ0) is 17.4. The summed E-state index contributed by atoms with van der Waals surface area (Å²) in [5.74, 6) is 3.65. The smallest absolute Gasteiger partial charge is 0.191 e. The van der Waals surface area contributed by atoms with Crippen LogP contribution in [0.15, 0.2) is 17.3 Å². The molecule has 5 nitrogen and oxygen atoms in total. The molecule has 0 N–H and O–H groups in total. The van der Waals surface area contributed by atoms with Crippen LogP contribution in [0.2, 0.25) is 5.02 Å². The first-order chi connectivity index (χ1) is 12.1. The number of rotatable bonds is 5. The molecule has 1 fully saturated rings. The minimum atomic E-state index is 0.384. The summed E-state index contributed by atoms with van der Waals surface area (Å²) < 4.78 is 13.8. The summed E-state index contributed by atoms with van der Waals surface area (Å²) in [7, 11) is 0. The van der Waals surface area contributed by atoms with Gasteiger partial charge in [-0.25, -0.2) is 0 Å². The Kier molecular flexibility index (Phi) is 4.82. The van der Waals surface area contributed by atoms with Gasteiger partial charge in [-0.3, -0.25) is 0 Å². The van der Waals surface area contributed by atoms with Crippen molar-refractivity contribution in [3.05, 3.63) is 28.5 Å². The van der Waals surface area contributed by atoms with Gasteiger partial charge in [0, 0.05) is 24.1 Å². The first kappa shape index (κ1) is 17.0. The molecule has 2 aliphatic rings. The van der Waals surface area contributed by atoms with Crippen molar-refractivity contribution < 1.29 is 9.47 Å². The fourth-order valence-corrected chi connectivity index (χ4v) is 4.20. The van der Waals surface area contributed by atoms with Crippen LogP contribution in [-0.4, -0.2) is 28.0 Å². The third kappa shape index (κ3) is 3.60. The molecular weight excluding hydrogens is 358 g/mol. The van der Waals surface area contributed by atoms with Crippen LogP contribution in [0.25, 0.3) is 0 Å². The van der Waals surface area contributed by atoms with E-state index in [4.69, 9.17) is 21.1 Å². The molecule has 0 unspecified atom stereocenters. The molecule has 4 rings (SSSR count). The second-order valence-corrected chi connectivity index (χ2v) is 8.19. The summed E-state index contributed by atoms with van der Waals surface area (Å²) in [5, 5.41) is 10.4. The number of thioether (sulfide) groups is 1. The van der Waals surface area contributed by atoms with Gasteiger partial charge >= 0.3 is 0 Å². The van der Waals surface area contributed by atoms with E-state index in [0.717, 1.165) is 34.5 Å². The normalized spacial score (nSPS) is 17.0. The monoisotopic (exact) mass is 379 g/mol. The maximum atomic E-state index is 6.39. The predicted molar refractivity (Wildman–Crippen MR) is 99.0 cm³/mol. The third-order valence-electron chi connectivity index (χ3n) is 4.35. The van der Waals surface area contributed by atoms with Crippen molar-refractivity contribution in [2.75, 3.05) is 13.2 Å². The summed E-state index contributed by atoms with van der Waals surface area (Å²) >= 11 is 8.10. The number of fused-ring (bicyclic) bond motifs is 1. The number of hydrogen-bond donors (Lipinski definition) is 0. The summed E-state index contributed by atoms with van der Waals surface area (Å²) in [5.41, 5.74) is 1.11. The molecule has 1 aromatic heterocycles. The molecule has 0 amide bonds. The molecule has 2 heterocycles. The Morgan fingerprint density at radius 3 is 2.80 bits per heavy atom. The molecule has 0 bridgehead atoms. The van der Waals surface area contributed by atoms with Crippen molar-refractivity contribution in [3.63, 3.8) is 0 Å². The van der Waals surface area contributed by atoms with Crippen LogP contribution in [0.4, 0.5) is 0 Å². The molecule has 7 heteroatoms. The van der Waals surface area contributed by atoms with E-state index in [0.29, 0.717) is 35.9 Å². The van der Waals surface area contributed by atoms with Gasteiger partial charge in [-0.15, -0.1) is 10.2 Å². The maximum Gasteiger partial charge on any atom is 0.191 e. The Bertz CT molecular complexity index is 774. The van der Waals surface area contributed by atoms with Gasteiger partial charge in [0.05, 0.1) is 18.2 Å². The van der Waals surface area contributed by atoms with Gasteiger partial charge in [-0.2, -0.15) is 0 Å². The van der Waals surface area contributed by atoms with E-state index in [1.54, 1.807) is 11.8 Å². The van der Waals surface area contributed by atoms with Gasteiger partial charge in [0.15, 0.2) is 16.7 Å². The van der Waals surface area contributed by atoms with Crippen LogP contribution in [0.3, 0.4) is 0 Å². The van der Waals surface area contributed by atoms with Crippen molar-refractivity contribution in [1.82, 2.24) is 14.8 Å². The molecule has 0 saturated heterocycles. The Morgan fingerprint density at radius 2 is 2.04 bits per heavy atom. The second kappa shape index (κ2) is 7.08. The van der Waals surface area contributed by atoms with E-state index >= 15 is 0 Å². The van der Waals surface area contributed by atoms with Crippen molar-refractivity contribution in [2.24, 2.45) is 0 Å². The molecule has 1 aliphatic heterocycles. The lowest BCUT2D eigenvalue weighted by molar-refractivity contribution is 0.297. The fraction of sp³-hybridized carbons (Fsp3) is 0.556. The molecule has 134 valence electrons.